The molecule has 1 aromatic carbocycles. The van der Waals surface area contributed by atoms with Gasteiger partial charge in [-0.05, 0) is 38.8 Å². The number of carbonyl (C=O) groups is 1. The molecule has 1 aromatic rings. The molecular formula is C15H21FN2O3. The van der Waals surface area contributed by atoms with Crippen molar-refractivity contribution in [1.82, 2.24) is 4.90 Å². The second-order valence-corrected chi connectivity index (χ2v) is 5.78. The van der Waals surface area contributed by atoms with E-state index < -0.39 is 11.4 Å². The highest BCUT2D eigenvalue weighted by molar-refractivity contribution is 5.91. The molecule has 1 fully saturated rings. The second-order valence-electron chi connectivity index (χ2n) is 5.78. The summed E-state index contributed by atoms with van der Waals surface area (Å²) >= 11 is 0. The zero-order valence-electron chi connectivity index (χ0n) is 12.5. The highest BCUT2D eigenvalue weighted by Gasteiger charge is 2.38. The molecule has 1 atom stereocenters. The summed E-state index contributed by atoms with van der Waals surface area (Å²) in [6.45, 7) is 3.94. The number of benzene rings is 1. The van der Waals surface area contributed by atoms with Gasteiger partial charge in [0, 0.05) is 12.6 Å². The van der Waals surface area contributed by atoms with Crippen molar-refractivity contribution < 1.29 is 19.0 Å². The molecule has 2 N–H and O–H groups in total. The largest absolute Gasteiger partial charge is 0.495 e. The first-order valence-electron chi connectivity index (χ1n) is 6.96. The van der Waals surface area contributed by atoms with E-state index >= 15 is 0 Å². The highest BCUT2D eigenvalue weighted by atomic mass is 19.1. The molecule has 0 aliphatic carbocycles. The van der Waals surface area contributed by atoms with Crippen LogP contribution in [-0.2, 0) is 0 Å². The lowest BCUT2D eigenvalue weighted by Gasteiger charge is -2.33. The number of nitrogens with one attached hydrogen (secondary N) is 1. The minimum absolute atomic E-state index is 0.253. The Bertz CT molecular complexity index is 528. The van der Waals surface area contributed by atoms with Crippen molar-refractivity contribution in [3.05, 3.63) is 24.0 Å². The SMILES string of the molecule is COc1ccc(F)cc1NC(=O)N1CCCC1C(C)(C)O. The molecule has 2 rings (SSSR count). The van der Waals surface area contributed by atoms with Gasteiger partial charge in [0.25, 0.3) is 0 Å². The van der Waals surface area contributed by atoms with E-state index in [1.165, 1.54) is 25.3 Å². The van der Waals surface area contributed by atoms with Gasteiger partial charge >= 0.3 is 6.03 Å². The van der Waals surface area contributed by atoms with E-state index in [0.29, 0.717) is 12.3 Å². The monoisotopic (exact) mass is 296 g/mol. The van der Waals surface area contributed by atoms with Crippen molar-refractivity contribution in [1.29, 1.82) is 0 Å². The summed E-state index contributed by atoms with van der Waals surface area (Å²) in [7, 11) is 1.46. The summed E-state index contributed by atoms with van der Waals surface area (Å²) in [5.41, 5.74) is -0.691. The van der Waals surface area contributed by atoms with Crippen LogP contribution in [0.2, 0.25) is 0 Å². The first kappa shape index (κ1) is 15.6. The molecule has 6 heteroatoms. The quantitative estimate of drug-likeness (QED) is 0.901. The molecule has 0 radical (unpaired) electrons. The number of likely N-dealkylation sites (tertiary alicyclic amines) is 1. The summed E-state index contributed by atoms with van der Waals surface area (Å²) in [6, 6.07) is 3.33. The number of anilines is 1. The molecule has 0 bridgehead atoms. The fourth-order valence-electron chi connectivity index (χ4n) is 2.71. The van der Waals surface area contributed by atoms with Gasteiger partial charge in [-0.25, -0.2) is 9.18 Å². The number of rotatable bonds is 3. The maximum Gasteiger partial charge on any atom is 0.322 e. The second kappa shape index (κ2) is 5.89. The lowest BCUT2D eigenvalue weighted by Crippen LogP contribution is -2.49. The number of hydrogen-bond donors (Lipinski definition) is 2. The van der Waals surface area contributed by atoms with Crippen molar-refractivity contribution >= 4 is 11.7 Å². The molecule has 0 spiro atoms. The molecule has 1 aliphatic heterocycles. The first-order valence-corrected chi connectivity index (χ1v) is 6.96. The molecule has 0 saturated carbocycles. The third kappa shape index (κ3) is 3.44. The van der Waals surface area contributed by atoms with Crippen LogP contribution in [0.1, 0.15) is 26.7 Å². The Kier molecular flexibility index (Phi) is 4.37. The highest BCUT2D eigenvalue weighted by Crippen LogP contribution is 2.29. The minimum Gasteiger partial charge on any atom is -0.495 e. The van der Waals surface area contributed by atoms with E-state index in [4.69, 9.17) is 4.74 Å². The predicted molar refractivity (Wildman–Crippen MR) is 78.0 cm³/mol. The Labute approximate surface area is 123 Å². The Balaban J connectivity index is 2.16. The molecular weight excluding hydrogens is 275 g/mol. The summed E-state index contributed by atoms with van der Waals surface area (Å²) in [6.07, 6.45) is 1.58. The average molecular weight is 296 g/mol. The lowest BCUT2D eigenvalue weighted by atomic mass is 9.97. The van der Waals surface area contributed by atoms with Crippen molar-refractivity contribution in [2.75, 3.05) is 19.0 Å². The van der Waals surface area contributed by atoms with E-state index in [1.54, 1.807) is 18.7 Å². The summed E-state index contributed by atoms with van der Waals surface area (Å²) < 4.78 is 18.4. The van der Waals surface area contributed by atoms with Crippen molar-refractivity contribution in [2.45, 2.75) is 38.3 Å². The fourth-order valence-corrected chi connectivity index (χ4v) is 2.71. The zero-order chi connectivity index (χ0) is 15.6. The maximum absolute atomic E-state index is 13.3. The first-order chi connectivity index (χ1) is 9.82. The van der Waals surface area contributed by atoms with E-state index in [2.05, 4.69) is 5.32 Å². The number of ether oxygens (including phenoxy) is 1. The fraction of sp³-hybridized carbons (Fsp3) is 0.533. The van der Waals surface area contributed by atoms with E-state index in [1.807, 2.05) is 0 Å². The Morgan fingerprint density at radius 1 is 1.52 bits per heavy atom. The Hall–Kier alpha value is -1.82. The van der Waals surface area contributed by atoms with Crippen LogP contribution in [0.3, 0.4) is 0 Å². The van der Waals surface area contributed by atoms with Crippen LogP contribution in [0.15, 0.2) is 18.2 Å². The number of amides is 2. The molecule has 1 aliphatic rings. The third-order valence-corrected chi connectivity index (χ3v) is 3.73. The topological polar surface area (TPSA) is 61.8 Å². The predicted octanol–water partition coefficient (Wildman–Crippen LogP) is 2.60. The molecule has 2 amide bonds. The lowest BCUT2D eigenvalue weighted by molar-refractivity contribution is 0.0117. The standard InChI is InChI=1S/C15H21FN2O3/c1-15(2,20)13-5-4-8-18(13)14(19)17-11-9-10(16)6-7-12(11)21-3/h6-7,9,13,20H,4-5,8H2,1-3H3,(H,17,19). The van der Waals surface area contributed by atoms with E-state index in [9.17, 15) is 14.3 Å². The molecule has 1 unspecified atom stereocenters. The molecule has 116 valence electrons. The molecule has 0 aromatic heterocycles. The van der Waals surface area contributed by atoms with Crippen LogP contribution >= 0.6 is 0 Å². The van der Waals surface area contributed by atoms with Crippen LogP contribution in [0.4, 0.5) is 14.9 Å². The van der Waals surface area contributed by atoms with Crippen molar-refractivity contribution in [3.8, 4) is 5.75 Å². The maximum atomic E-state index is 13.3. The van der Waals surface area contributed by atoms with Crippen molar-refractivity contribution in [3.63, 3.8) is 0 Å². The van der Waals surface area contributed by atoms with E-state index in [0.717, 1.165) is 12.8 Å². The summed E-state index contributed by atoms with van der Waals surface area (Å²) in [5.74, 6) is -0.0599. The minimum atomic E-state index is -0.972. The van der Waals surface area contributed by atoms with E-state index in [-0.39, 0.29) is 17.8 Å². The van der Waals surface area contributed by atoms with Gasteiger partial charge < -0.3 is 20.1 Å². The number of hydrogen-bond acceptors (Lipinski definition) is 3. The summed E-state index contributed by atoms with van der Waals surface area (Å²) in [5, 5.41) is 12.8. The van der Waals surface area contributed by atoms with Gasteiger partial charge in [-0.15, -0.1) is 0 Å². The van der Waals surface area contributed by atoms with Crippen LogP contribution < -0.4 is 10.1 Å². The Morgan fingerprint density at radius 3 is 2.86 bits per heavy atom. The normalized spacial score (nSPS) is 18.7. The number of carbonyl (C=O) groups excluding carboxylic acids is 1. The van der Waals surface area contributed by atoms with Gasteiger partial charge in [0.2, 0.25) is 0 Å². The molecule has 1 saturated heterocycles. The van der Waals surface area contributed by atoms with Gasteiger partial charge in [0.1, 0.15) is 11.6 Å². The average Bonchev–Trinajstić information content (AvgIpc) is 2.88. The number of methoxy groups -OCH3 is 1. The van der Waals surface area contributed by atoms with Gasteiger partial charge in [-0.1, -0.05) is 0 Å². The number of urea groups is 1. The van der Waals surface area contributed by atoms with Gasteiger partial charge in [-0.2, -0.15) is 0 Å². The molecule has 21 heavy (non-hydrogen) atoms. The van der Waals surface area contributed by atoms with Crippen LogP contribution in [-0.4, -0.2) is 41.3 Å². The van der Waals surface area contributed by atoms with Crippen molar-refractivity contribution in [2.24, 2.45) is 0 Å². The van der Waals surface area contributed by atoms with Gasteiger partial charge in [0.15, 0.2) is 0 Å². The number of aliphatic hydroxyl groups is 1. The summed E-state index contributed by atoms with van der Waals surface area (Å²) in [4.78, 5) is 14.0. The van der Waals surface area contributed by atoms with Crippen LogP contribution in [0.25, 0.3) is 0 Å². The molecule has 5 nitrogen and oxygen atoms in total. The van der Waals surface area contributed by atoms with Gasteiger partial charge in [-0.3, -0.25) is 0 Å². The zero-order valence-corrected chi connectivity index (χ0v) is 12.5. The third-order valence-electron chi connectivity index (χ3n) is 3.73. The number of nitrogens with zero attached hydrogens (tertiary/aromatic N) is 1. The molecule has 1 heterocycles. The van der Waals surface area contributed by atoms with Crippen LogP contribution in [0.5, 0.6) is 5.75 Å². The smallest absolute Gasteiger partial charge is 0.322 e. The number of halogens is 1. The Morgan fingerprint density at radius 2 is 2.24 bits per heavy atom. The van der Waals surface area contributed by atoms with Gasteiger partial charge in [0.05, 0.1) is 24.4 Å². The van der Waals surface area contributed by atoms with Crippen LogP contribution in [0, 0.1) is 5.82 Å².